The molecule has 0 aromatic heterocycles. The first kappa shape index (κ1) is 14.2. The molecule has 1 heterocycles. The molecule has 4 atom stereocenters. The largest absolute Gasteiger partial charge is 0.395 e. The van der Waals surface area contributed by atoms with Gasteiger partial charge in [0.1, 0.15) is 0 Å². The number of azide groups is 1. The van der Waals surface area contributed by atoms with Gasteiger partial charge in [-0.05, 0) is 18.5 Å². The van der Waals surface area contributed by atoms with Crippen molar-refractivity contribution in [3.63, 3.8) is 0 Å². The van der Waals surface area contributed by atoms with Gasteiger partial charge in [-0.15, -0.1) is 0 Å². The van der Waals surface area contributed by atoms with Crippen LogP contribution in [-0.2, 0) is 0 Å². The maximum atomic E-state index is 9.87. The zero-order valence-electron chi connectivity index (χ0n) is 9.98. The van der Waals surface area contributed by atoms with E-state index >= 15 is 0 Å². The van der Waals surface area contributed by atoms with Crippen LogP contribution in [0.1, 0.15) is 19.8 Å². The molecule has 1 rings (SSSR count). The van der Waals surface area contributed by atoms with E-state index < -0.39 is 24.3 Å². The van der Waals surface area contributed by atoms with Gasteiger partial charge in [0, 0.05) is 17.5 Å². The van der Waals surface area contributed by atoms with Gasteiger partial charge in [-0.2, -0.15) is 0 Å². The summed E-state index contributed by atoms with van der Waals surface area (Å²) in [5.74, 6) is 0. The van der Waals surface area contributed by atoms with Crippen molar-refractivity contribution in [2.24, 2.45) is 5.11 Å². The molecule has 17 heavy (non-hydrogen) atoms. The molecule has 7 heteroatoms. The van der Waals surface area contributed by atoms with Gasteiger partial charge in [0.25, 0.3) is 0 Å². The third-order valence-electron chi connectivity index (χ3n) is 3.28. The van der Waals surface area contributed by atoms with E-state index in [1.165, 1.54) is 0 Å². The summed E-state index contributed by atoms with van der Waals surface area (Å²) in [5.41, 5.74) is 8.31. The maximum absolute atomic E-state index is 9.87. The Hall–Kier alpha value is -0.850. The van der Waals surface area contributed by atoms with E-state index in [2.05, 4.69) is 10.0 Å². The maximum Gasteiger partial charge on any atom is 0.0991 e. The predicted octanol–water partition coefficient (Wildman–Crippen LogP) is -0.136. The molecule has 3 N–H and O–H groups in total. The minimum Gasteiger partial charge on any atom is -0.395 e. The standard InChI is InChI=1S/C10H20N4O3/c1-2-3-4-14-7(5-12-13-11)9(16)10(17)8(14)6-15/h7-10,15-17H,2-6H2,1H3/t7-,8-,9-,10-/m1/s1. The Morgan fingerprint density at radius 3 is 2.47 bits per heavy atom. The Morgan fingerprint density at radius 1 is 1.29 bits per heavy atom. The number of nitrogens with zero attached hydrogens (tertiary/aromatic N) is 4. The van der Waals surface area contributed by atoms with Crippen LogP contribution in [0.2, 0.25) is 0 Å². The summed E-state index contributed by atoms with van der Waals surface area (Å²) in [5, 5.41) is 32.4. The minimum atomic E-state index is -0.990. The van der Waals surface area contributed by atoms with Crippen molar-refractivity contribution in [3.8, 4) is 0 Å². The predicted molar refractivity (Wildman–Crippen MR) is 62.3 cm³/mol. The fourth-order valence-electron chi connectivity index (χ4n) is 2.31. The normalized spacial score (nSPS) is 33.6. The Kier molecular flexibility index (Phi) is 5.67. The molecule has 1 saturated heterocycles. The van der Waals surface area contributed by atoms with E-state index in [0.717, 1.165) is 12.8 Å². The van der Waals surface area contributed by atoms with E-state index in [-0.39, 0.29) is 13.2 Å². The number of hydrogen-bond acceptors (Lipinski definition) is 5. The summed E-state index contributed by atoms with van der Waals surface area (Å²) in [6, 6.07) is -0.889. The molecule has 0 radical (unpaired) electrons. The second kappa shape index (κ2) is 6.78. The molecule has 0 spiro atoms. The molecule has 0 aromatic carbocycles. The first-order chi connectivity index (χ1) is 8.17. The molecular formula is C10H20N4O3. The summed E-state index contributed by atoms with van der Waals surface area (Å²) in [6.07, 6.45) is -0.0807. The molecule has 0 aromatic rings. The van der Waals surface area contributed by atoms with E-state index in [4.69, 9.17) is 5.53 Å². The van der Waals surface area contributed by atoms with Gasteiger partial charge < -0.3 is 15.3 Å². The van der Waals surface area contributed by atoms with Crippen LogP contribution in [0.25, 0.3) is 10.4 Å². The van der Waals surface area contributed by atoms with Crippen LogP contribution in [0, 0.1) is 0 Å². The van der Waals surface area contributed by atoms with Gasteiger partial charge >= 0.3 is 0 Å². The van der Waals surface area contributed by atoms with Crippen LogP contribution in [0.5, 0.6) is 0 Å². The van der Waals surface area contributed by atoms with Crippen LogP contribution in [0.15, 0.2) is 5.11 Å². The highest BCUT2D eigenvalue weighted by molar-refractivity contribution is 5.01. The SMILES string of the molecule is CCCCN1[C@H](CO)[C@@H](O)[C@H](O)[C@H]1CN=[N+]=[N-]. The van der Waals surface area contributed by atoms with Crippen molar-refractivity contribution < 1.29 is 15.3 Å². The average Bonchev–Trinajstić information content (AvgIpc) is 2.56. The second-order valence-electron chi connectivity index (χ2n) is 4.30. The van der Waals surface area contributed by atoms with Crippen molar-refractivity contribution in [1.29, 1.82) is 0 Å². The van der Waals surface area contributed by atoms with Gasteiger partial charge in [0.05, 0.1) is 24.9 Å². The third-order valence-corrected chi connectivity index (χ3v) is 3.28. The molecule has 7 nitrogen and oxygen atoms in total. The number of aliphatic hydroxyl groups excluding tert-OH is 3. The van der Waals surface area contributed by atoms with Gasteiger partial charge in [0.15, 0.2) is 0 Å². The van der Waals surface area contributed by atoms with Crippen LogP contribution in [-0.4, -0.2) is 64.2 Å². The summed E-state index contributed by atoms with van der Waals surface area (Å²) in [7, 11) is 0. The number of likely N-dealkylation sites (tertiary alicyclic amines) is 1. The molecule has 1 fully saturated rings. The van der Waals surface area contributed by atoms with Gasteiger partial charge in [-0.3, -0.25) is 4.90 Å². The highest BCUT2D eigenvalue weighted by atomic mass is 16.3. The van der Waals surface area contributed by atoms with E-state index in [9.17, 15) is 15.3 Å². The molecule has 0 aliphatic carbocycles. The van der Waals surface area contributed by atoms with Crippen molar-refractivity contribution in [2.45, 2.75) is 44.1 Å². The summed E-state index contributed by atoms with van der Waals surface area (Å²) >= 11 is 0. The van der Waals surface area contributed by atoms with E-state index in [1.807, 2.05) is 11.8 Å². The van der Waals surface area contributed by atoms with Crippen molar-refractivity contribution >= 4 is 0 Å². The van der Waals surface area contributed by atoms with Gasteiger partial charge in [-0.1, -0.05) is 18.5 Å². The molecule has 0 saturated carbocycles. The molecular weight excluding hydrogens is 224 g/mol. The first-order valence-corrected chi connectivity index (χ1v) is 5.91. The molecule has 1 aliphatic heterocycles. The lowest BCUT2D eigenvalue weighted by Crippen LogP contribution is -2.43. The summed E-state index contributed by atoms with van der Waals surface area (Å²) < 4.78 is 0. The summed E-state index contributed by atoms with van der Waals surface area (Å²) in [4.78, 5) is 4.51. The smallest absolute Gasteiger partial charge is 0.0991 e. The Balaban J connectivity index is 2.77. The van der Waals surface area contributed by atoms with Crippen LogP contribution in [0.3, 0.4) is 0 Å². The third kappa shape index (κ3) is 3.08. The van der Waals surface area contributed by atoms with Crippen molar-refractivity contribution in [2.75, 3.05) is 19.7 Å². The van der Waals surface area contributed by atoms with Gasteiger partial charge in [-0.25, -0.2) is 0 Å². The highest BCUT2D eigenvalue weighted by Crippen LogP contribution is 2.26. The zero-order valence-corrected chi connectivity index (χ0v) is 9.98. The topological polar surface area (TPSA) is 113 Å². The average molecular weight is 244 g/mol. The van der Waals surface area contributed by atoms with Crippen LogP contribution < -0.4 is 0 Å². The number of aliphatic hydroxyl groups is 3. The van der Waals surface area contributed by atoms with E-state index in [0.29, 0.717) is 6.54 Å². The first-order valence-electron chi connectivity index (χ1n) is 5.91. The molecule has 0 bridgehead atoms. The highest BCUT2D eigenvalue weighted by Gasteiger charge is 2.46. The molecule has 0 unspecified atom stereocenters. The Labute approximate surface area is 100 Å². The zero-order chi connectivity index (χ0) is 12.8. The number of unbranched alkanes of at least 4 members (excludes halogenated alkanes) is 1. The number of rotatable bonds is 6. The van der Waals surface area contributed by atoms with Crippen LogP contribution >= 0.6 is 0 Å². The molecule has 1 aliphatic rings. The van der Waals surface area contributed by atoms with Crippen molar-refractivity contribution in [1.82, 2.24) is 4.90 Å². The lowest BCUT2D eigenvalue weighted by molar-refractivity contribution is 0.0184. The Bertz CT molecular complexity index is 283. The fourth-order valence-corrected chi connectivity index (χ4v) is 2.31. The van der Waals surface area contributed by atoms with Crippen molar-refractivity contribution in [3.05, 3.63) is 10.4 Å². The second-order valence-corrected chi connectivity index (χ2v) is 4.30. The Morgan fingerprint density at radius 2 is 1.94 bits per heavy atom. The fraction of sp³-hybridized carbons (Fsp3) is 1.00. The number of hydrogen-bond donors (Lipinski definition) is 3. The van der Waals surface area contributed by atoms with Gasteiger partial charge in [0.2, 0.25) is 0 Å². The molecule has 98 valence electrons. The minimum absolute atomic E-state index is 0.106. The summed E-state index contributed by atoms with van der Waals surface area (Å²) in [6.45, 7) is 2.60. The monoisotopic (exact) mass is 244 g/mol. The quantitative estimate of drug-likeness (QED) is 0.343. The van der Waals surface area contributed by atoms with Crippen LogP contribution in [0.4, 0.5) is 0 Å². The molecule has 0 amide bonds. The lowest BCUT2D eigenvalue weighted by Gasteiger charge is -2.28. The van der Waals surface area contributed by atoms with E-state index in [1.54, 1.807) is 0 Å². The lowest BCUT2D eigenvalue weighted by atomic mass is 10.1.